The fraction of sp³-hybridized carbons (Fsp3) is 0.130. The van der Waals surface area contributed by atoms with E-state index in [1.165, 1.54) is 11.3 Å². The summed E-state index contributed by atoms with van der Waals surface area (Å²) in [5.41, 5.74) is 3.53. The number of para-hydroxylation sites is 1. The largest absolute Gasteiger partial charge is 0.313 e. The molecule has 166 valence electrons. The molecule has 2 heterocycles. The summed E-state index contributed by atoms with van der Waals surface area (Å²) in [4.78, 5) is 18.7. The molecule has 9 heteroatoms. The van der Waals surface area contributed by atoms with Gasteiger partial charge in [-0.15, -0.1) is 30.3 Å². The Morgan fingerprint density at radius 3 is 2.53 bits per heavy atom. The van der Waals surface area contributed by atoms with E-state index in [9.17, 15) is 4.79 Å². The van der Waals surface area contributed by atoms with Gasteiger partial charge < -0.3 is 4.57 Å². The summed E-state index contributed by atoms with van der Waals surface area (Å²) in [7, 11) is 1.86. The maximum Gasteiger partial charge on any atom is 0.297 e. The van der Waals surface area contributed by atoms with E-state index >= 15 is 0 Å². The van der Waals surface area contributed by atoms with Crippen LogP contribution < -0.4 is 10.4 Å². The zero-order chi connectivity index (χ0) is 22.1. The third-order valence-electron chi connectivity index (χ3n) is 5.05. The van der Waals surface area contributed by atoms with E-state index in [-0.39, 0.29) is 18.0 Å². The average Bonchev–Trinajstić information content (AvgIpc) is 3.23. The summed E-state index contributed by atoms with van der Waals surface area (Å²) < 4.78 is 5.43. The Labute approximate surface area is 205 Å². The number of nitrogens with zero attached hydrogens (tertiary/aromatic N) is 4. The molecule has 5 nitrogen and oxygen atoms in total. The molecule has 0 saturated heterocycles. The summed E-state index contributed by atoms with van der Waals surface area (Å²) in [5.74, 6) is 0. The van der Waals surface area contributed by atoms with Gasteiger partial charge in [-0.1, -0.05) is 47.5 Å². The summed E-state index contributed by atoms with van der Waals surface area (Å²) in [6.07, 6.45) is 1.79. The molecule has 0 fully saturated rings. The van der Waals surface area contributed by atoms with Crippen molar-refractivity contribution in [3.8, 4) is 16.9 Å². The van der Waals surface area contributed by atoms with E-state index in [1.54, 1.807) is 22.9 Å². The van der Waals surface area contributed by atoms with Gasteiger partial charge in [-0.25, -0.2) is 9.67 Å². The molecule has 0 aliphatic heterocycles. The van der Waals surface area contributed by atoms with Gasteiger partial charge >= 0.3 is 0 Å². The Balaban J connectivity index is 0.00000289. The molecular formula is C23H21Cl3N4OS. The number of aromatic nitrogens is 3. The molecule has 4 aromatic rings. The predicted octanol–water partition coefficient (Wildman–Crippen LogP) is 6.16. The molecule has 0 atom stereocenters. The highest BCUT2D eigenvalue weighted by Gasteiger charge is 2.17. The first-order chi connectivity index (χ1) is 14.9. The molecule has 0 N–H and O–H groups in total. The fourth-order valence-corrected chi connectivity index (χ4v) is 4.84. The van der Waals surface area contributed by atoms with Gasteiger partial charge in [-0.2, -0.15) is 0 Å². The third-order valence-corrected chi connectivity index (χ3v) is 6.46. The molecule has 32 heavy (non-hydrogen) atoms. The van der Waals surface area contributed by atoms with Gasteiger partial charge in [0.15, 0.2) is 10.5 Å². The Hall–Kier alpha value is -2.51. The van der Waals surface area contributed by atoms with Gasteiger partial charge in [-0.3, -0.25) is 9.48 Å². The Morgan fingerprint density at radius 2 is 1.88 bits per heavy atom. The first-order valence-corrected chi connectivity index (χ1v) is 11.2. The van der Waals surface area contributed by atoms with Crippen LogP contribution in [0.25, 0.3) is 16.9 Å². The van der Waals surface area contributed by atoms with Gasteiger partial charge in [0, 0.05) is 29.6 Å². The quantitative estimate of drug-likeness (QED) is 0.298. The molecule has 2 aromatic heterocycles. The second-order valence-electron chi connectivity index (χ2n) is 6.95. The second-order valence-corrected chi connectivity index (χ2v) is 8.63. The van der Waals surface area contributed by atoms with Crippen LogP contribution in [0.1, 0.15) is 5.69 Å². The van der Waals surface area contributed by atoms with E-state index in [1.807, 2.05) is 65.0 Å². The van der Waals surface area contributed by atoms with Crippen LogP contribution in [0.5, 0.6) is 0 Å². The van der Waals surface area contributed by atoms with E-state index in [2.05, 4.69) is 6.58 Å². The Kier molecular flexibility index (Phi) is 7.51. The molecule has 2 aromatic carbocycles. The van der Waals surface area contributed by atoms with Crippen LogP contribution in [0.15, 0.2) is 76.4 Å². The SMILES string of the molecule is C=CCn1c(-c2ccc(Cl)cc2Cl)csc1=Nc1c(C)n(C)n(-c2ccccc2)c1=O.Cl. The van der Waals surface area contributed by atoms with Crippen LogP contribution in [0.4, 0.5) is 5.69 Å². The smallest absolute Gasteiger partial charge is 0.297 e. The van der Waals surface area contributed by atoms with E-state index < -0.39 is 0 Å². The third kappa shape index (κ3) is 4.36. The zero-order valence-electron chi connectivity index (χ0n) is 17.5. The number of thiazole rings is 1. The number of allylic oxidation sites excluding steroid dienone is 1. The van der Waals surface area contributed by atoms with Crippen LogP contribution in [0.3, 0.4) is 0 Å². The zero-order valence-corrected chi connectivity index (χ0v) is 20.6. The molecule has 0 amide bonds. The minimum atomic E-state index is -0.171. The van der Waals surface area contributed by atoms with Crippen LogP contribution in [-0.2, 0) is 13.6 Å². The summed E-state index contributed by atoms with van der Waals surface area (Å²) in [6, 6.07) is 14.9. The van der Waals surface area contributed by atoms with Crippen molar-refractivity contribution in [3.63, 3.8) is 0 Å². The molecule has 0 saturated carbocycles. The van der Waals surface area contributed by atoms with E-state index in [0.29, 0.717) is 27.1 Å². The van der Waals surface area contributed by atoms with Crippen LogP contribution >= 0.6 is 46.9 Å². The number of hydrogen-bond acceptors (Lipinski definition) is 3. The maximum atomic E-state index is 13.2. The lowest BCUT2D eigenvalue weighted by molar-refractivity contribution is 0.630. The van der Waals surface area contributed by atoms with Crippen molar-refractivity contribution in [2.45, 2.75) is 13.5 Å². The van der Waals surface area contributed by atoms with Gasteiger partial charge in [0.05, 0.1) is 22.1 Å². The predicted molar refractivity (Wildman–Crippen MR) is 136 cm³/mol. The van der Waals surface area contributed by atoms with Crippen molar-refractivity contribution < 1.29 is 0 Å². The molecule has 0 radical (unpaired) electrons. The summed E-state index contributed by atoms with van der Waals surface area (Å²) in [5, 5.41) is 3.10. The molecule has 0 aliphatic rings. The van der Waals surface area contributed by atoms with Gasteiger partial charge in [-0.05, 0) is 37.3 Å². The molecular weight excluding hydrogens is 487 g/mol. The highest BCUT2D eigenvalue weighted by atomic mass is 35.5. The monoisotopic (exact) mass is 506 g/mol. The summed E-state index contributed by atoms with van der Waals surface area (Å²) >= 11 is 13.9. The second kappa shape index (κ2) is 9.96. The number of hydrogen-bond donors (Lipinski definition) is 0. The van der Waals surface area contributed by atoms with Crippen LogP contribution in [0.2, 0.25) is 10.0 Å². The number of rotatable bonds is 5. The standard InChI is InChI=1S/C23H20Cl2N4OS.ClH/c1-4-12-28-20(18-11-10-16(24)13-19(18)25)14-31-23(28)26-21-15(2)27(3)29(22(21)30)17-8-6-5-7-9-17;/h4-11,13-14H,1,12H2,2-3H3;1H. The van der Waals surface area contributed by atoms with Crippen LogP contribution in [0, 0.1) is 6.92 Å². The molecule has 4 rings (SSSR count). The normalized spacial score (nSPS) is 11.4. The lowest BCUT2D eigenvalue weighted by Gasteiger charge is -2.08. The maximum absolute atomic E-state index is 13.2. The lowest BCUT2D eigenvalue weighted by Crippen LogP contribution is -2.20. The first kappa shape index (κ1) is 24.1. The topological polar surface area (TPSA) is 44.2 Å². The van der Waals surface area contributed by atoms with Crippen molar-refractivity contribution in [2.75, 3.05) is 0 Å². The van der Waals surface area contributed by atoms with E-state index in [0.717, 1.165) is 22.6 Å². The van der Waals surface area contributed by atoms with Crippen molar-refractivity contribution in [3.05, 3.63) is 97.5 Å². The fourth-order valence-electron chi connectivity index (χ4n) is 3.42. The Morgan fingerprint density at radius 1 is 1.16 bits per heavy atom. The van der Waals surface area contributed by atoms with Crippen molar-refractivity contribution >= 4 is 52.6 Å². The molecule has 0 unspecified atom stereocenters. The van der Waals surface area contributed by atoms with Crippen molar-refractivity contribution in [1.82, 2.24) is 13.9 Å². The Bertz CT molecular complexity index is 1400. The first-order valence-electron chi connectivity index (χ1n) is 9.55. The lowest BCUT2D eigenvalue weighted by atomic mass is 10.1. The molecule has 0 bridgehead atoms. The molecule has 0 aliphatic carbocycles. The van der Waals surface area contributed by atoms with Crippen molar-refractivity contribution in [2.24, 2.45) is 12.0 Å². The van der Waals surface area contributed by atoms with Gasteiger partial charge in [0.1, 0.15) is 0 Å². The van der Waals surface area contributed by atoms with Crippen molar-refractivity contribution in [1.29, 1.82) is 0 Å². The number of benzene rings is 2. The average molecular weight is 508 g/mol. The minimum absolute atomic E-state index is 0. The minimum Gasteiger partial charge on any atom is -0.313 e. The van der Waals surface area contributed by atoms with E-state index in [4.69, 9.17) is 28.2 Å². The highest BCUT2D eigenvalue weighted by Crippen LogP contribution is 2.31. The molecule has 0 spiro atoms. The van der Waals surface area contributed by atoms with Crippen LogP contribution in [-0.4, -0.2) is 13.9 Å². The number of halogens is 3. The van der Waals surface area contributed by atoms with Gasteiger partial charge in [0.25, 0.3) is 5.56 Å². The summed E-state index contributed by atoms with van der Waals surface area (Å²) in [6.45, 7) is 6.28. The van der Waals surface area contributed by atoms with Gasteiger partial charge in [0.2, 0.25) is 0 Å². The highest BCUT2D eigenvalue weighted by molar-refractivity contribution is 7.07.